The smallest absolute Gasteiger partial charge is 0.416 e. The van der Waals surface area contributed by atoms with Crippen molar-refractivity contribution in [3.8, 4) is 0 Å². The average molecular weight is 339 g/mol. The third-order valence-electron chi connectivity index (χ3n) is 3.26. The number of carbonyl (C=O) groups excluding carboxylic acids is 2. The van der Waals surface area contributed by atoms with Gasteiger partial charge in [-0.2, -0.15) is 13.2 Å². The zero-order valence-electron chi connectivity index (χ0n) is 11.3. The summed E-state index contributed by atoms with van der Waals surface area (Å²) in [6.07, 6.45) is -4.60. The number of anilines is 1. The fraction of sp³-hybridized carbons (Fsp3) is 0.0667. The van der Waals surface area contributed by atoms with E-state index in [9.17, 15) is 27.9 Å². The molecule has 0 aliphatic carbocycles. The van der Waals surface area contributed by atoms with Gasteiger partial charge in [-0.15, -0.1) is 11.3 Å². The number of hydrogen-bond acceptors (Lipinski definition) is 4. The first-order chi connectivity index (χ1) is 10.8. The number of thiophene rings is 1. The van der Waals surface area contributed by atoms with E-state index in [1.54, 1.807) is 11.4 Å². The van der Waals surface area contributed by atoms with Crippen molar-refractivity contribution in [2.75, 3.05) is 4.90 Å². The Morgan fingerprint density at radius 1 is 1.04 bits per heavy atom. The van der Waals surface area contributed by atoms with Crippen LogP contribution in [0, 0.1) is 0 Å². The summed E-state index contributed by atoms with van der Waals surface area (Å²) in [6, 6.07) is 7.00. The normalized spacial score (nSPS) is 15.7. The summed E-state index contributed by atoms with van der Waals surface area (Å²) in [6.45, 7) is 0. The lowest BCUT2D eigenvalue weighted by Gasteiger charge is -2.16. The maximum Gasteiger partial charge on any atom is 0.416 e. The van der Waals surface area contributed by atoms with Crippen LogP contribution in [-0.4, -0.2) is 16.9 Å². The molecular formula is C15H8F3NO3S. The van der Waals surface area contributed by atoms with Crippen molar-refractivity contribution in [1.29, 1.82) is 0 Å². The van der Waals surface area contributed by atoms with Crippen LogP contribution < -0.4 is 4.90 Å². The number of alkyl halides is 3. The lowest BCUT2D eigenvalue weighted by Crippen LogP contribution is -2.31. The molecule has 2 aromatic rings. The summed E-state index contributed by atoms with van der Waals surface area (Å²) >= 11 is 1.14. The summed E-state index contributed by atoms with van der Waals surface area (Å²) in [5.41, 5.74) is -1.44. The van der Waals surface area contributed by atoms with E-state index in [0.29, 0.717) is 15.8 Å². The van der Waals surface area contributed by atoms with Crippen molar-refractivity contribution in [2.24, 2.45) is 0 Å². The van der Waals surface area contributed by atoms with Crippen LogP contribution in [0.1, 0.15) is 10.4 Å². The highest BCUT2D eigenvalue weighted by Gasteiger charge is 2.41. The second-order valence-corrected chi connectivity index (χ2v) is 5.64. The molecule has 1 aromatic heterocycles. The third kappa shape index (κ3) is 2.50. The minimum absolute atomic E-state index is 0.206. The minimum Gasteiger partial charge on any atom is -0.502 e. The zero-order valence-corrected chi connectivity index (χ0v) is 12.1. The van der Waals surface area contributed by atoms with Gasteiger partial charge in [0.2, 0.25) is 0 Å². The molecule has 0 atom stereocenters. The second-order valence-electron chi connectivity index (χ2n) is 4.69. The van der Waals surface area contributed by atoms with Gasteiger partial charge in [0.05, 0.1) is 11.3 Å². The molecule has 118 valence electrons. The fourth-order valence-electron chi connectivity index (χ4n) is 2.22. The molecule has 0 unspecified atom stereocenters. The first-order valence-electron chi connectivity index (χ1n) is 6.34. The number of nitrogens with zero attached hydrogens (tertiary/aromatic N) is 1. The highest BCUT2D eigenvalue weighted by Crippen LogP contribution is 2.36. The Kier molecular flexibility index (Phi) is 3.48. The molecule has 0 bridgehead atoms. The van der Waals surface area contributed by atoms with E-state index in [-0.39, 0.29) is 11.3 Å². The molecule has 1 N–H and O–H groups in total. The van der Waals surface area contributed by atoms with Crippen molar-refractivity contribution in [2.45, 2.75) is 6.18 Å². The van der Waals surface area contributed by atoms with Crippen molar-refractivity contribution >= 4 is 34.4 Å². The molecular weight excluding hydrogens is 331 g/mol. The Morgan fingerprint density at radius 3 is 2.39 bits per heavy atom. The summed E-state index contributed by atoms with van der Waals surface area (Å²) in [4.78, 5) is 25.4. The van der Waals surface area contributed by atoms with Gasteiger partial charge in [0, 0.05) is 4.88 Å². The van der Waals surface area contributed by atoms with Crippen LogP contribution in [0.2, 0.25) is 0 Å². The molecule has 0 spiro atoms. The van der Waals surface area contributed by atoms with E-state index in [1.165, 1.54) is 12.1 Å². The van der Waals surface area contributed by atoms with Gasteiger partial charge >= 0.3 is 12.1 Å². The number of imide groups is 1. The van der Waals surface area contributed by atoms with Crippen LogP contribution in [-0.2, 0) is 15.8 Å². The predicted molar refractivity (Wildman–Crippen MR) is 77.8 cm³/mol. The Hall–Kier alpha value is -2.61. The SMILES string of the molecule is O=C1C(O)=C(c2cccs2)C(=O)N1c1cccc(C(F)(F)F)c1. The Labute approximate surface area is 132 Å². The number of halogens is 3. The molecule has 3 rings (SSSR count). The number of amides is 2. The van der Waals surface area contributed by atoms with Gasteiger partial charge < -0.3 is 5.11 Å². The van der Waals surface area contributed by atoms with E-state index >= 15 is 0 Å². The summed E-state index contributed by atoms with van der Waals surface area (Å²) in [7, 11) is 0. The van der Waals surface area contributed by atoms with Crippen molar-refractivity contribution in [1.82, 2.24) is 0 Å². The highest BCUT2D eigenvalue weighted by molar-refractivity contribution is 7.11. The molecule has 0 saturated carbocycles. The molecule has 0 fully saturated rings. The molecule has 8 heteroatoms. The first-order valence-corrected chi connectivity index (χ1v) is 7.22. The minimum atomic E-state index is -4.60. The van der Waals surface area contributed by atoms with E-state index in [1.807, 2.05) is 0 Å². The Morgan fingerprint density at radius 2 is 1.78 bits per heavy atom. The standard InChI is InChI=1S/C15H8F3NO3S/c16-15(17,18)8-3-1-4-9(7-8)19-13(21)11(12(20)14(19)22)10-5-2-6-23-10/h1-7,20H. The van der Waals surface area contributed by atoms with Gasteiger partial charge in [-0.25, -0.2) is 4.90 Å². The molecule has 1 aliphatic heterocycles. The number of rotatable bonds is 2. The highest BCUT2D eigenvalue weighted by atomic mass is 32.1. The molecule has 2 amide bonds. The molecule has 0 radical (unpaired) electrons. The fourth-order valence-corrected chi connectivity index (χ4v) is 2.98. The molecule has 4 nitrogen and oxygen atoms in total. The lowest BCUT2D eigenvalue weighted by atomic mass is 10.1. The number of hydrogen-bond donors (Lipinski definition) is 1. The van der Waals surface area contributed by atoms with Gasteiger partial charge in [-0.05, 0) is 29.6 Å². The van der Waals surface area contributed by atoms with E-state index in [4.69, 9.17) is 0 Å². The van der Waals surface area contributed by atoms with Crippen LogP contribution >= 0.6 is 11.3 Å². The van der Waals surface area contributed by atoms with Crippen LogP contribution in [0.5, 0.6) is 0 Å². The van der Waals surface area contributed by atoms with Crippen molar-refractivity contribution in [3.05, 3.63) is 58.0 Å². The quantitative estimate of drug-likeness (QED) is 0.851. The van der Waals surface area contributed by atoms with E-state index in [2.05, 4.69) is 0 Å². The van der Waals surface area contributed by atoms with Crippen LogP contribution in [0.15, 0.2) is 47.5 Å². The summed E-state index contributed by atoms with van der Waals surface area (Å²) < 4.78 is 38.3. The molecule has 2 heterocycles. The molecule has 23 heavy (non-hydrogen) atoms. The molecule has 1 aliphatic rings. The Balaban J connectivity index is 2.04. The van der Waals surface area contributed by atoms with E-state index < -0.39 is 29.3 Å². The Bertz CT molecular complexity index is 825. The van der Waals surface area contributed by atoms with Crippen molar-refractivity contribution < 1.29 is 27.9 Å². The topological polar surface area (TPSA) is 57.6 Å². The van der Waals surface area contributed by atoms with Crippen LogP contribution in [0.25, 0.3) is 5.57 Å². The second kappa shape index (κ2) is 5.24. The maximum atomic E-state index is 12.8. The molecule has 0 saturated heterocycles. The van der Waals surface area contributed by atoms with Gasteiger partial charge in [-0.1, -0.05) is 12.1 Å². The number of benzene rings is 1. The van der Waals surface area contributed by atoms with Gasteiger partial charge in [0.15, 0.2) is 5.76 Å². The number of aliphatic hydroxyl groups is 1. The van der Waals surface area contributed by atoms with Gasteiger partial charge in [-0.3, -0.25) is 9.59 Å². The summed E-state index contributed by atoms with van der Waals surface area (Å²) in [5, 5.41) is 11.6. The van der Waals surface area contributed by atoms with Crippen molar-refractivity contribution in [3.63, 3.8) is 0 Å². The first kappa shape index (κ1) is 15.3. The summed E-state index contributed by atoms with van der Waals surface area (Å²) in [5.74, 6) is -2.66. The number of aliphatic hydroxyl groups excluding tert-OH is 1. The monoisotopic (exact) mass is 339 g/mol. The lowest BCUT2D eigenvalue weighted by molar-refractivity contribution is -0.137. The van der Waals surface area contributed by atoms with E-state index in [0.717, 1.165) is 23.5 Å². The van der Waals surface area contributed by atoms with Crippen LogP contribution in [0.3, 0.4) is 0 Å². The maximum absolute atomic E-state index is 12.8. The third-order valence-corrected chi connectivity index (χ3v) is 4.15. The zero-order chi connectivity index (χ0) is 16.8. The van der Waals surface area contributed by atoms with Crippen LogP contribution in [0.4, 0.5) is 18.9 Å². The molecule has 1 aromatic carbocycles. The predicted octanol–water partition coefficient (Wildman–Crippen LogP) is 3.61. The largest absolute Gasteiger partial charge is 0.502 e. The average Bonchev–Trinajstić information content (AvgIpc) is 3.07. The number of carbonyl (C=O) groups is 2. The van der Waals surface area contributed by atoms with Gasteiger partial charge in [0.25, 0.3) is 5.91 Å². The van der Waals surface area contributed by atoms with Gasteiger partial charge in [0.1, 0.15) is 5.57 Å².